The van der Waals surface area contributed by atoms with E-state index < -0.39 is 10.2 Å². The largest absolute Gasteiger partial charge is 0.354 e. The fourth-order valence-electron chi connectivity index (χ4n) is 3.44. The Morgan fingerprint density at radius 1 is 1.21 bits per heavy atom. The van der Waals surface area contributed by atoms with Crippen molar-refractivity contribution < 1.29 is 13.2 Å². The summed E-state index contributed by atoms with van der Waals surface area (Å²) in [6.07, 6.45) is 4.97. The maximum absolute atomic E-state index is 13.0. The van der Waals surface area contributed by atoms with E-state index in [1.807, 2.05) is 0 Å². The lowest BCUT2D eigenvalue weighted by molar-refractivity contribution is -0.121. The summed E-state index contributed by atoms with van der Waals surface area (Å²) in [7, 11) is -3.44. The summed E-state index contributed by atoms with van der Waals surface area (Å²) in [5, 5.41) is 2.82. The summed E-state index contributed by atoms with van der Waals surface area (Å²) in [4.78, 5) is 11.6. The van der Waals surface area contributed by atoms with Crippen LogP contribution in [0.1, 0.15) is 45.4 Å². The minimum Gasteiger partial charge on any atom is -0.354 e. The standard InChI is InChI=1S/C15H30N4O3S.ClH/c1-13-5-4-9-18(12-13)23(21,22)19-10-3-2-6-14(19)11-17-15(20)7-8-16;/h13-14H,2-12,16H2,1H3,(H,17,20);1H. The maximum Gasteiger partial charge on any atom is 0.282 e. The molecule has 0 aromatic rings. The minimum absolute atomic E-state index is 0. The van der Waals surface area contributed by atoms with Crippen molar-refractivity contribution in [3.63, 3.8) is 0 Å². The molecule has 2 fully saturated rings. The maximum atomic E-state index is 13.0. The normalized spacial score (nSPS) is 26.6. The first-order chi connectivity index (χ1) is 10.9. The zero-order valence-corrected chi connectivity index (χ0v) is 16.1. The van der Waals surface area contributed by atoms with Crippen LogP contribution in [0.3, 0.4) is 0 Å². The van der Waals surface area contributed by atoms with Crippen molar-refractivity contribution in [2.24, 2.45) is 11.7 Å². The monoisotopic (exact) mass is 382 g/mol. The van der Waals surface area contributed by atoms with Crippen LogP contribution in [0.15, 0.2) is 0 Å². The van der Waals surface area contributed by atoms with Crippen LogP contribution in [0.5, 0.6) is 0 Å². The lowest BCUT2D eigenvalue weighted by atomic mass is 10.0. The van der Waals surface area contributed by atoms with Crippen LogP contribution < -0.4 is 11.1 Å². The van der Waals surface area contributed by atoms with E-state index in [2.05, 4.69) is 12.2 Å². The van der Waals surface area contributed by atoms with Gasteiger partial charge in [-0.25, -0.2) is 0 Å². The van der Waals surface area contributed by atoms with E-state index in [-0.39, 0.29) is 30.8 Å². The van der Waals surface area contributed by atoms with Gasteiger partial charge >= 0.3 is 0 Å². The molecule has 2 unspecified atom stereocenters. The lowest BCUT2D eigenvalue weighted by Crippen LogP contribution is -2.55. The molecule has 0 saturated carbocycles. The van der Waals surface area contributed by atoms with Crippen molar-refractivity contribution in [3.05, 3.63) is 0 Å². The molecule has 0 spiro atoms. The Balaban J connectivity index is 0.00000288. The highest BCUT2D eigenvalue weighted by Crippen LogP contribution is 2.26. The summed E-state index contributed by atoms with van der Waals surface area (Å²) in [5.41, 5.74) is 5.37. The molecular weight excluding hydrogens is 352 g/mol. The lowest BCUT2D eigenvalue weighted by Gasteiger charge is -2.40. The summed E-state index contributed by atoms with van der Waals surface area (Å²) >= 11 is 0. The number of nitrogens with zero attached hydrogens (tertiary/aromatic N) is 2. The number of carbonyl (C=O) groups excluding carboxylic acids is 1. The fourth-order valence-corrected chi connectivity index (χ4v) is 5.45. The van der Waals surface area contributed by atoms with Gasteiger partial charge in [0, 0.05) is 45.2 Å². The second-order valence-corrected chi connectivity index (χ2v) is 8.60. The number of nitrogens with two attached hydrogens (primary N) is 1. The molecular formula is C15H31ClN4O3S. The molecule has 3 N–H and O–H groups in total. The Morgan fingerprint density at radius 3 is 2.62 bits per heavy atom. The molecule has 0 aromatic carbocycles. The molecule has 0 aliphatic carbocycles. The van der Waals surface area contributed by atoms with Gasteiger partial charge in [0.15, 0.2) is 0 Å². The second kappa shape index (κ2) is 9.91. The summed E-state index contributed by atoms with van der Waals surface area (Å²) < 4.78 is 29.2. The number of rotatable bonds is 6. The van der Waals surface area contributed by atoms with Crippen LogP contribution in [-0.4, -0.2) is 61.7 Å². The van der Waals surface area contributed by atoms with Crippen molar-refractivity contribution in [2.75, 3.05) is 32.7 Å². The number of amides is 1. The van der Waals surface area contributed by atoms with Gasteiger partial charge in [-0.2, -0.15) is 17.0 Å². The average Bonchev–Trinajstić information content (AvgIpc) is 2.53. The summed E-state index contributed by atoms with van der Waals surface area (Å²) in [6.45, 7) is 4.54. The van der Waals surface area contributed by atoms with Gasteiger partial charge in [-0.3, -0.25) is 4.79 Å². The van der Waals surface area contributed by atoms with Gasteiger partial charge in [0.25, 0.3) is 10.2 Å². The van der Waals surface area contributed by atoms with Gasteiger partial charge in [-0.15, -0.1) is 12.4 Å². The third-order valence-corrected chi connectivity index (χ3v) is 6.78. The predicted octanol–water partition coefficient (Wildman–Crippen LogP) is 0.704. The van der Waals surface area contributed by atoms with Crippen LogP contribution in [-0.2, 0) is 15.0 Å². The molecule has 24 heavy (non-hydrogen) atoms. The molecule has 2 heterocycles. The molecule has 2 saturated heterocycles. The van der Waals surface area contributed by atoms with Crippen LogP contribution >= 0.6 is 12.4 Å². The van der Waals surface area contributed by atoms with Crippen molar-refractivity contribution in [2.45, 2.75) is 51.5 Å². The Labute approximate surface area is 151 Å². The van der Waals surface area contributed by atoms with E-state index in [0.717, 1.165) is 32.1 Å². The van der Waals surface area contributed by atoms with Gasteiger partial charge in [0.05, 0.1) is 0 Å². The first-order valence-electron chi connectivity index (χ1n) is 8.69. The Bertz CT molecular complexity index is 503. The molecule has 0 aromatic heterocycles. The Morgan fingerprint density at radius 2 is 1.96 bits per heavy atom. The molecule has 2 aliphatic heterocycles. The van der Waals surface area contributed by atoms with Gasteiger partial charge in [-0.05, 0) is 31.6 Å². The molecule has 142 valence electrons. The highest BCUT2D eigenvalue weighted by atomic mass is 35.5. The van der Waals surface area contributed by atoms with E-state index >= 15 is 0 Å². The van der Waals surface area contributed by atoms with E-state index in [1.54, 1.807) is 8.61 Å². The van der Waals surface area contributed by atoms with Crippen LogP contribution in [0.25, 0.3) is 0 Å². The smallest absolute Gasteiger partial charge is 0.282 e. The SMILES string of the molecule is CC1CCCN(S(=O)(=O)N2CCCCC2CNC(=O)CCN)C1.Cl. The van der Waals surface area contributed by atoms with Gasteiger partial charge < -0.3 is 11.1 Å². The Kier molecular flexibility index (Phi) is 8.94. The van der Waals surface area contributed by atoms with Crippen molar-refractivity contribution in [1.82, 2.24) is 13.9 Å². The molecule has 0 bridgehead atoms. The average molecular weight is 383 g/mol. The second-order valence-electron chi connectivity index (χ2n) is 6.72. The quantitative estimate of drug-likeness (QED) is 0.706. The predicted molar refractivity (Wildman–Crippen MR) is 97.2 cm³/mol. The molecule has 2 rings (SSSR count). The van der Waals surface area contributed by atoms with Gasteiger partial charge in [-0.1, -0.05) is 13.3 Å². The van der Waals surface area contributed by atoms with Crippen LogP contribution in [0.2, 0.25) is 0 Å². The van der Waals surface area contributed by atoms with Crippen LogP contribution in [0.4, 0.5) is 0 Å². The first-order valence-corrected chi connectivity index (χ1v) is 10.1. The molecule has 2 aliphatic rings. The third-order valence-electron chi connectivity index (χ3n) is 4.72. The summed E-state index contributed by atoms with van der Waals surface area (Å²) in [6, 6.07) is -0.146. The van der Waals surface area contributed by atoms with E-state index in [9.17, 15) is 13.2 Å². The molecule has 0 radical (unpaired) electrons. The van der Waals surface area contributed by atoms with Gasteiger partial charge in [0.2, 0.25) is 5.91 Å². The van der Waals surface area contributed by atoms with E-state index in [4.69, 9.17) is 5.73 Å². The van der Waals surface area contributed by atoms with Crippen LogP contribution in [0, 0.1) is 5.92 Å². The van der Waals surface area contributed by atoms with Crippen molar-refractivity contribution >= 4 is 28.5 Å². The molecule has 1 amide bonds. The van der Waals surface area contributed by atoms with E-state index in [0.29, 0.717) is 38.6 Å². The van der Waals surface area contributed by atoms with Crippen molar-refractivity contribution in [1.29, 1.82) is 0 Å². The molecule has 2 atom stereocenters. The molecule has 9 heteroatoms. The first kappa shape index (κ1) is 21.6. The summed E-state index contributed by atoms with van der Waals surface area (Å²) in [5.74, 6) is 0.299. The molecule has 7 nitrogen and oxygen atoms in total. The fraction of sp³-hybridized carbons (Fsp3) is 0.933. The van der Waals surface area contributed by atoms with E-state index in [1.165, 1.54) is 0 Å². The minimum atomic E-state index is -3.44. The van der Waals surface area contributed by atoms with Crippen molar-refractivity contribution in [3.8, 4) is 0 Å². The highest BCUT2D eigenvalue weighted by molar-refractivity contribution is 7.86. The van der Waals surface area contributed by atoms with Gasteiger partial charge in [0.1, 0.15) is 0 Å². The highest BCUT2D eigenvalue weighted by Gasteiger charge is 2.37. The zero-order valence-electron chi connectivity index (χ0n) is 14.4. The number of nitrogens with one attached hydrogen (secondary N) is 1. The number of piperidine rings is 2. The number of halogens is 1. The Hall–Kier alpha value is -0.410. The number of carbonyl (C=O) groups is 1. The third kappa shape index (κ3) is 5.56. The number of hydrogen-bond donors (Lipinski definition) is 2. The number of hydrogen-bond acceptors (Lipinski definition) is 4. The zero-order chi connectivity index (χ0) is 16.9. The topological polar surface area (TPSA) is 95.7 Å².